The highest BCUT2D eigenvalue weighted by Crippen LogP contribution is 2.26. The van der Waals surface area contributed by atoms with E-state index in [0.29, 0.717) is 5.75 Å². The van der Waals surface area contributed by atoms with Gasteiger partial charge in [-0.3, -0.25) is 9.78 Å². The molecule has 0 saturated carbocycles. The molecule has 0 aliphatic rings. The number of carbonyl (C=O) groups is 1. The van der Waals surface area contributed by atoms with Crippen LogP contribution in [0.5, 0.6) is 5.75 Å². The van der Waals surface area contributed by atoms with Gasteiger partial charge in [-0.25, -0.2) is 13.8 Å². The van der Waals surface area contributed by atoms with E-state index in [1.807, 2.05) is 0 Å². The minimum absolute atomic E-state index is 0.0149. The molecule has 1 aromatic carbocycles. The van der Waals surface area contributed by atoms with Gasteiger partial charge in [0.25, 0.3) is 5.91 Å². The highest BCUT2D eigenvalue weighted by Gasteiger charge is 2.16. The second-order valence-electron chi connectivity index (χ2n) is 6.30. The average Bonchev–Trinajstić information content (AvgIpc) is 2.75. The Morgan fingerprint density at radius 3 is 2.60 bits per heavy atom. The van der Waals surface area contributed by atoms with Crippen LogP contribution in [0, 0.1) is 11.6 Å². The van der Waals surface area contributed by atoms with Crippen LogP contribution in [-0.4, -0.2) is 45.4 Å². The number of aliphatic hydroxyl groups is 2. The Morgan fingerprint density at radius 1 is 1.13 bits per heavy atom. The fraction of sp³-hybridized carbons (Fsp3) is 0.190. The topological polar surface area (TPSA) is 105 Å². The standard InChI is InChI=1S/C21H19F2N3O4/c22-14-3-1-4-15(23)20(14)16-5-2-6-17(25-16)21(29)26-18-11-24-9-7-19(18)30-10-8-13(28)12-27/h1-7,9,11,13,27-28H,8,10,12H2,(H,26,29). The van der Waals surface area contributed by atoms with E-state index in [1.54, 1.807) is 0 Å². The number of halogens is 2. The maximum Gasteiger partial charge on any atom is 0.274 e. The number of anilines is 1. The largest absolute Gasteiger partial charge is 0.491 e. The predicted octanol–water partition coefficient (Wildman–Crippen LogP) is 2.80. The lowest BCUT2D eigenvalue weighted by Crippen LogP contribution is -2.17. The molecule has 30 heavy (non-hydrogen) atoms. The van der Waals surface area contributed by atoms with E-state index < -0.39 is 23.6 Å². The zero-order valence-corrected chi connectivity index (χ0v) is 15.8. The van der Waals surface area contributed by atoms with E-state index in [2.05, 4.69) is 15.3 Å². The quantitative estimate of drug-likeness (QED) is 0.523. The zero-order chi connectivity index (χ0) is 21.5. The highest BCUT2D eigenvalue weighted by molar-refractivity contribution is 6.03. The van der Waals surface area contributed by atoms with Gasteiger partial charge in [0.05, 0.1) is 36.8 Å². The van der Waals surface area contributed by atoms with Crippen molar-refractivity contribution in [2.24, 2.45) is 0 Å². The van der Waals surface area contributed by atoms with Crippen LogP contribution in [0.15, 0.2) is 54.9 Å². The summed E-state index contributed by atoms with van der Waals surface area (Å²) in [5.74, 6) is -1.89. The molecule has 156 valence electrons. The van der Waals surface area contributed by atoms with Gasteiger partial charge < -0.3 is 20.3 Å². The Kier molecular flexibility index (Phi) is 6.99. The molecule has 3 aromatic rings. The van der Waals surface area contributed by atoms with Gasteiger partial charge in [-0.05, 0) is 24.3 Å². The van der Waals surface area contributed by atoms with Crippen molar-refractivity contribution in [1.29, 1.82) is 0 Å². The van der Waals surface area contributed by atoms with Gasteiger partial charge in [-0.1, -0.05) is 12.1 Å². The van der Waals surface area contributed by atoms with Gasteiger partial charge in [0, 0.05) is 18.7 Å². The number of amides is 1. The molecule has 0 spiro atoms. The first-order chi connectivity index (χ1) is 14.5. The number of nitrogens with one attached hydrogen (secondary N) is 1. The molecule has 3 rings (SSSR count). The van der Waals surface area contributed by atoms with Crippen molar-refractivity contribution in [3.63, 3.8) is 0 Å². The van der Waals surface area contributed by atoms with Crippen LogP contribution < -0.4 is 10.1 Å². The lowest BCUT2D eigenvalue weighted by molar-refractivity contribution is 0.0754. The van der Waals surface area contributed by atoms with Crippen molar-refractivity contribution >= 4 is 11.6 Å². The molecule has 2 aromatic heterocycles. The number of carbonyl (C=O) groups excluding carboxylic acids is 1. The molecule has 3 N–H and O–H groups in total. The fourth-order valence-corrected chi connectivity index (χ4v) is 2.63. The summed E-state index contributed by atoms with van der Waals surface area (Å²) in [6.45, 7) is -0.275. The van der Waals surface area contributed by atoms with Crippen LogP contribution in [0.2, 0.25) is 0 Å². The number of aliphatic hydroxyl groups excluding tert-OH is 2. The number of hydrogen-bond donors (Lipinski definition) is 3. The Morgan fingerprint density at radius 2 is 1.87 bits per heavy atom. The van der Waals surface area contributed by atoms with E-state index in [9.17, 15) is 18.7 Å². The second-order valence-corrected chi connectivity index (χ2v) is 6.30. The smallest absolute Gasteiger partial charge is 0.274 e. The van der Waals surface area contributed by atoms with Crippen LogP contribution in [0.3, 0.4) is 0 Å². The van der Waals surface area contributed by atoms with E-state index >= 15 is 0 Å². The van der Waals surface area contributed by atoms with E-state index in [0.717, 1.165) is 12.1 Å². The number of rotatable bonds is 8. The molecule has 0 aliphatic carbocycles. The molecule has 1 unspecified atom stereocenters. The number of pyridine rings is 2. The van der Waals surface area contributed by atoms with E-state index in [1.165, 1.54) is 42.7 Å². The van der Waals surface area contributed by atoms with Gasteiger partial charge in [-0.15, -0.1) is 0 Å². The highest BCUT2D eigenvalue weighted by atomic mass is 19.1. The Labute approximate surface area is 171 Å². The van der Waals surface area contributed by atoms with Gasteiger partial charge in [0.2, 0.25) is 0 Å². The summed E-state index contributed by atoms with van der Waals surface area (Å²) >= 11 is 0. The average molecular weight is 415 g/mol. The maximum atomic E-state index is 14.0. The summed E-state index contributed by atoms with van der Waals surface area (Å²) in [4.78, 5) is 20.6. The molecule has 1 amide bonds. The first-order valence-electron chi connectivity index (χ1n) is 9.08. The predicted molar refractivity (Wildman–Crippen MR) is 105 cm³/mol. The minimum atomic E-state index is -0.907. The zero-order valence-electron chi connectivity index (χ0n) is 15.8. The van der Waals surface area contributed by atoms with Gasteiger partial charge >= 0.3 is 0 Å². The van der Waals surface area contributed by atoms with E-state index in [-0.39, 0.29) is 42.3 Å². The van der Waals surface area contributed by atoms with Crippen LogP contribution in [0.1, 0.15) is 16.9 Å². The molecule has 9 heteroatoms. The maximum absolute atomic E-state index is 14.0. The SMILES string of the molecule is O=C(Nc1cnccc1OCCC(O)CO)c1cccc(-c2c(F)cccc2F)n1. The molecule has 7 nitrogen and oxygen atoms in total. The van der Waals surface area contributed by atoms with E-state index in [4.69, 9.17) is 9.84 Å². The molecule has 0 radical (unpaired) electrons. The summed E-state index contributed by atoms with van der Waals surface area (Å²) in [7, 11) is 0. The van der Waals surface area contributed by atoms with Crippen LogP contribution in [-0.2, 0) is 0 Å². The van der Waals surface area contributed by atoms with Crippen LogP contribution in [0.25, 0.3) is 11.3 Å². The monoisotopic (exact) mass is 415 g/mol. The molecule has 1 atom stereocenters. The van der Waals surface area contributed by atoms with Crippen LogP contribution in [0.4, 0.5) is 14.5 Å². The second kappa shape index (κ2) is 9.86. The van der Waals surface area contributed by atoms with Crippen molar-refractivity contribution in [2.45, 2.75) is 12.5 Å². The lowest BCUT2D eigenvalue weighted by atomic mass is 10.1. The van der Waals surface area contributed by atoms with Gasteiger partial charge in [0.15, 0.2) is 0 Å². The van der Waals surface area contributed by atoms with Crippen molar-refractivity contribution in [2.75, 3.05) is 18.5 Å². The molecule has 2 heterocycles. The summed E-state index contributed by atoms with van der Waals surface area (Å²) in [6.07, 6.45) is 2.13. The molecule has 0 aliphatic heterocycles. The van der Waals surface area contributed by atoms with Crippen molar-refractivity contribution < 1.29 is 28.5 Å². The molecule has 0 fully saturated rings. The summed E-state index contributed by atoms with van der Waals surface area (Å²) in [6, 6.07) is 9.28. The number of hydrogen-bond acceptors (Lipinski definition) is 6. The van der Waals surface area contributed by atoms with Crippen molar-refractivity contribution in [1.82, 2.24) is 9.97 Å². The number of ether oxygens (including phenoxy) is 1. The Balaban J connectivity index is 1.78. The Hall–Kier alpha value is -3.43. The first-order valence-corrected chi connectivity index (χ1v) is 9.08. The number of benzene rings is 1. The van der Waals surface area contributed by atoms with Gasteiger partial charge in [-0.2, -0.15) is 0 Å². The third-order valence-electron chi connectivity index (χ3n) is 4.15. The third-order valence-corrected chi connectivity index (χ3v) is 4.15. The summed E-state index contributed by atoms with van der Waals surface area (Å²) < 4.78 is 33.6. The molecule has 0 bridgehead atoms. The molecule has 0 saturated heterocycles. The first kappa shape index (κ1) is 21.3. The van der Waals surface area contributed by atoms with Gasteiger partial charge in [0.1, 0.15) is 28.8 Å². The summed E-state index contributed by atoms with van der Waals surface area (Å²) in [5, 5.41) is 20.8. The van der Waals surface area contributed by atoms with Crippen LogP contribution >= 0.6 is 0 Å². The molecular weight excluding hydrogens is 396 g/mol. The number of nitrogens with zero attached hydrogens (tertiary/aromatic N) is 2. The minimum Gasteiger partial charge on any atom is -0.491 e. The fourth-order valence-electron chi connectivity index (χ4n) is 2.63. The summed E-state index contributed by atoms with van der Waals surface area (Å²) in [5.41, 5.74) is -0.134. The Bertz CT molecular complexity index is 1010. The third kappa shape index (κ3) is 5.13. The lowest BCUT2D eigenvalue weighted by Gasteiger charge is -2.13. The van der Waals surface area contributed by atoms with Crippen molar-refractivity contribution in [3.05, 3.63) is 72.2 Å². The number of aromatic nitrogens is 2. The van der Waals surface area contributed by atoms with Crippen molar-refractivity contribution in [3.8, 4) is 17.0 Å². The normalized spacial score (nSPS) is 11.7. The molecular formula is C21H19F2N3O4.